The van der Waals surface area contributed by atoms with Crippen LogP contribution < -0.4 is 4.74 Å². The van der Waals surface area contributed by atoms with Crippen molar-refractivity contribution < 1.29 is 14.3 Å². The number of hydrogen-bond donors (Lipinski definition) is 0. The summed E-state index contributed by atoms with van der Waals surface area (Å²) in [5, 5.41) is 0. The van der Waals surface area contributed by atoms with Crippen molar-refractivity contribution in [2.75, 3.05) is 13.7 Å². The SMILES string of the molecule is C=CCCOc1nccc(-c2ccccc2C(=O)OC)n1. The molecule has 0 unspecified atom stereocenters. The molecule has 0 aliphatic rings. The zero-order chi connectivity index (χ0) is 15.1. The molecule has 0 amide bonds. The minimum Gasteiger partial charge on any atom is -0.465 e. The Morgan fingerprint density at radius 2 is 2.14 bits per heavy atom. The van der Waals surface area contributed by atoms with E-state index in [-0.39, 0.29) is 6.01 Å². The first-order valence-corrected chi connectivity index (χ1v) is 6.50. The van der Waals surface area contributed by atoms with E-state index >= 15 is 0 Å². The zero-order valence-electron chi connectivity index (χ0n) is 11.8. The van der Waals surface area contributed by atoms with Gasteiger partial charge in [0.25, 0.3) is 0 Å². The van der Waals surface area contributed by atoms with Gasteiger partial charge in [-0.25, -0.2) is 9.78 Å². The standard InChI is InChI=1S/C16H16N2O3/c1-3-4-11-21-16-17-10-9-14(18-16)12-7-5-6-8-13(12)15(19)20-2/h3,5-10H,1,4,11H2,2H3. The van der Waals surface area contributed by atoms with E-state index in [0.717, 1.165) is 0 Å². The summed E-state index contributed by atoms with van der Waals surface area (Å²) in [6, 6.07) is 9.11. The number of esters is 1. The van der Waals surface area contributed by atoms with Crippen LogP contribution in [-0.4, -0.2) is 29.7 Å². The molecule has 2 rings (SSSR count). The van der Waals surface area contributed by atoms with E-state index in [1.807, 2.05) is 12.1 Å². The smallest absolute Gasteiger partial charge is 0.338 e. The van der Waals surface area contributed by atoms with Gasteiger partial charge in [-0.05, 0) is 18.6 Å². The average molecular weight is 284 g/mol. The lowest BCUT2D eigenvalue weighted by Crippen LogP contribution is -2.05. The van der Waals surface area contributed by atoms with Gasteiger partial charge in [0.15, 0.2) is 0 Å². The fourth-order valence-electron chi connectivity index (χ4n) is 1.79. The molecule has 0 spiro atoms. The number of benzene rings is 1. The van der Waals surface area contributed by atoms with Gasteiger partial charge in [-0.3, -0.25) is 0 Å². The Morgan fingerprint density at radius 3 is 2.90 bits per heavy atom. The second kappa shape index (κ2) is 7.19. The number of rotatable bonds is 6. The Balaban J connectivity index is 2.32. The van der Waals surface area contributed by atoms with Crippen molar-refractivity contribution >= 4 is 5.97 Å². The van der Waals surface area contributed by atoms with Gasteiger partial charge in [0.05, 0.1) is 25.0 Å². The summed E-state index contributed by atoms with van der Waals surface area (Å²) in [7, 11) is 1.35. The summed E-state index contributed by atoms with van der Waals surface area (Å²) in [6.07, 6.45) is 4.07. The molecule has 0 saturated carbocycles. The van der Waals surface area contributed by atoms with Crippen LogP contribution in [-0.2, 0) is 4.74 Å². The first kappa shape index (κ1) is 14.7. The Bertz CT molecular complexity index is 641. The topological polar surface area (TPSA) is 61.3 Å². The van der Waals surface area contributed by atoms with Crippen molar-refractivity contribution in [2.45, 2.75) is 6.42 Å². The van der Waals surface area contributed by atoms with Crippen LogP contribution >= 0.6 is 0 Å². The summed E-state index contributed by atoms with van der Waals surface area (Å²) >= 11 is 0. The van der Waals surface area contributed by atoms with Crippen LogP contribution in [0.4, 0.5) is 0 Å². The molecule has 21 heavy (non-hydrogen) atoms. The first-order valence-electron chi connectivity index (χ1n) is 6.50. The molecule has 0 fully saturated rings. The molecule has 0 N–H and O–H groups in total. The summed E-state index contributed by atoms with van der Waals surface area (Å²) in [4.78, 5) is 20.2. The molecule has 0 saturated heterocycles. The second-order valence-corrected chi connectivity index (χ2v) is 4.19. The molecule has 1 aromatic carbocycles. The van der Waals surface area contributed by atoms with E-state index in [1.54, 1.807) is 30.5 Å². The Labute approximate surface area is 123 Å². The fourth-order valence-corrected chi connectivity index (χ4v) is 1.79. The van der Waals surface area contributed by atoms with Crippen molar-refractivity contribution in [3.05, 3.63) is 54.7 Å². The van der Waals surface area contributed by atoms with E-state index in [1.165, 1.54) is 7.11 Å². The number of carbonyl (C=O) groups excluding carboxylic acids is 1. The number of nitrogens with zero attached hydrogens (tertiary/aromatic N) is 2. The van der Waals surface area contributed by atoms with Gasteiger partial charge in [0.1, 0.15) is 0 Å². The number of hydrogen-bond acceptors (Lipinski definition) is 5. The van der Waals surface area contributed by atoms with Crippen molar-refractivity contribution in [3.63, 3.8) is 0 Å². The van der Waals surface area contributed by atoms with Crippen molar-refractivity contribution in [1.82, 2.24) is 9.97 Å². The van der Waals surface area contributed by atoms with Crippen LogP contribution in [0.15, 0.2) is 49.2 Å². The van der Waals surface area contributed by atoms with Gasteiger partial charge in [-0.1, -0.05) is 24.3 Å². The van der Waals surface area contributed by atoms with Crippen molar-refractivity contribution in [3.8, 4) is 17.3 Å². The van der Waals surface area contributed by atoms with E-state index < -0.39 is 5.97 Å². The van der Waals surface area contributed by atoms with Gasteiger partial charge in [-0.2, -0.15) is 4.98 Å². The maximum absolute atomic E-state index is 11.8. The monoisotopic (exact) mass is 284 g/mol. The Hall–Kier alpha value is -2.69. The largest absolute Gasteiger partial charge is 0.465 e. The van der Waals surface area contributed by atoms with Crippen LogP contribution in [0.25, 0.3) is 11.3 Å². The highest BCUT2D eigenvalue weighted by Gasteiger charge is 2.14. The normalized spacial score (nSPS) is 9.95. The lowest BCUT2D eigenvalue weighted by atomic mass is 10.0. The van der Waals surface area contributed by atoms with Gasteiger partial charge in [0, 0.05) is 11.8 Å². The summed E-state index contributed by atoms with van der Waals surface area (Å²) < 4.78 is 10.2. The fraction of sp³-hybridized carbons (Fsp3) is 0.188. The number of methoxy groups -OCH3 is 1. The van der Waals surface area contributed by atoms with Crippen LogP contribution in [0, 0.1) is 0 Å². The molecule has 0 aliphatic heterocycles. The molecule has 0 radical (unpaired) electrons. The quantitative estimate of drug-likeness (QED) is 0.463. The van der Waals surface area contributed by atoms with E-state index in [9.17, 15) is 4.79 Å². The third-order valence-corrected chi connectivity index (χ3v) is 2.79. The Kier molecular flexibility index (Phi) is 5.04. The molecule has 5 heteroatoms. The summed E-state index contributed by atoms with van der Waals surface area (Å²) in [6.45, 7) is 4.09. The summed E-state index contributed by atoms with van der Waals surface area (Å²) in [5.74, 6) is -0.404. The van der Waals surface area contributed by atoms with Gasteiger partial charge >= 0.3 is 12.0 Å². The van der Waals surface area contributed by atoms with Crippen LogP contribution in [0.3, 0.4) is 0 Å². The highest BCUT2D eigenvalue weighted by molar-refractivity contribution is 5.96. The van der Waals surface area contributed by atoms with Crippen molar-refractivity contribution in [1.29, 1.82) is 0 Å². The maximum atomic E-state index is 11.8. The molecule has 0 atom stereocenters. The number of ether oxygens (including phenoxy) is 2. The number of aromatic nitrogens is 2. The van der Waals surface area contributed by atoms with Crippen molar-refractivity contribution in [2.24, 2.45) is 0 Å². The van der Waals surface area contributed by atoms with Crippen LogP contribution in [0.5, 0.6) is 6.01 Å². The van der Waals surface area contributed by atoms with Crippen LogP contribution in [0.1, 0.15) is 16.8 Å². The molecular weight excluding hydrogens is 268 g/mol. The summed E-state index contributed by atoms with van der Waals surface area (Å²) in [5.41, 5.74) is 1.75. The molecule has 108 valence electrons. The lowest BCUT2D eigenvalue weighted by Gasteiger charge is -2.08. The van der Waals surface area contributed by atoms with Gasteiger partial charge in [-0.15, -0.1) is 6.58 Å². The molecule has 0 aliphatic carbocycles. The van der Waals surface area contributed by atoms with Crippen LogP contribution in [0.2, 0.25) is 0 Å². The van der Waals surface area contributed by atoms with E-state index in [4.69, 9.17) is 9.47 Å². The minimum atomic E-state index is -0.404. The molecule has 5 nitrogen and oxygen atoms in total. The van der Waals surface area contributed by atoms with Gasteiger partial charge in [0.2, 0.25) is 0 Å². The molecule has 0 bridgehead atoms. The third-order valence-electron chi connectivity index (χ3n) is 2.79. The molecular formula is C16H16N2O3. The predicted octanol–water partition coefficient (Wildman–Crippen LogP) is 2.89. The third kappa shape index (κ3) is 3.66. The Morgan fingerprint density at radius 1 is 1.33 bits per heavy atom. The molecule has 2 aromatic rings. The first-order chi connectivity index (χ1) is 10.3. The molecule has 1 aromatic heterocycles. The number of carbonyl (C=O) groups is 1. The maximum Gasteiger partial charge on any atom is 0.338 e. The highest BCUT2D eigenvalue weighted by Crippen LogP contribution is 2.23. The zero-order valence-corrected chi connectivity index (χ0v) is 11.8. The average Bonchev–Trinajstić information content (AvgIpc) is 2.55. The predicted molar refractivity (Wildman–Crippen MR) is 79.1 cm³/mol. The lowest BCUT2D eigenvalue weighted by molar-refractivity contribution is 0.0601. The molecule has 1 heterocycles. The highest BCUT2D eigenvalue weighted by atomic mass is 16.5. The van der Waals surface area contributed by atoms with E-state index in [2.05, 4.69) is 16.5 Å². The second-order valence-electron chi connectivity index (χ2n) is 4.19. The van der Waals surface area contributed by atoms with E-state index in [0.29, 0.717) is 29.8 Å². The minimum absolute atomic E-state index is 0.272. The van der Waals surface area contributed by atoms with Gasteiger partial charge < -0.3 is 9.47 Å².